The van der Waals surface area contributed by atoms with Crippen LogP contribution in [0.3, 0.4) is 0 Å². The Morgan fingerprint density at radius 3 is 2.52 bits per heavy atom. The molecule has 1 saturated heterocycles. The number of rotatable bonds is 4. The van der Waals surface area contributed by atoms with E-state index in [0.717, 1.165) is 12.8 Å². The van der Waals surface area contributed by atoms with Crippen LogP contribution in [0.1, 0.15) is 30.3 Å². The van der Waals surface area contributed by atoms with Crippen molar-refractivity contribution in [3.05, 3.63) is 36.2 Å². The second-order valence-corrected chi connectivity index (χ2v) is 8.51. The van der Waals surface area contributed by atoms with Gasteiger partial charge in [0.2, 0.25) is 10.0 Å². The average molecular weight is 414 g/mol. The van der Waals surface area contributed by atoms with Crippen molar-refractivity contribution < 1.29 is 17.9 Å². The highest BCUT2D eigenvalue weighted by Crippen LogP contribution is 2.30. The van der Waals surface area contributed by atoms with E-state index in [2.05, 4.69) is 4.98 Å². The van der Waals surface area contributed by atoms with Gasteiger partial charge >= 0.3 is 5.97 Å². The van der Waals surface area contributed by atoms with Gasteiger partial charge in [-0.2, -0.15) is 4.31 Å². The number of hydrogen-bond donors (Lipinski definition) is 1. The number of aromatic nitrogens is 1. The molecule has 1 aliphatic rings. The summed E-state index contributed by atoms with van der Waals surface area (Å²) in [5.74, 6) is -0.257. The second kappa shape index (κ2) is 8.52. The van der Waals surface area contributed by atoms with Crippen molar-refractivity contribution in [1.29, 1.82) is 0 Å². The molecular formula is C18H24ClN3O4S. The molecule has 2 N–H and O–H groups in total. The molecule has 27 heavy (non-hydrogen) atoms. The molecule has 0 amide bonds. The summed E-state index contributed by atoms with van der Waals surface area (Å²) in [4.78, 5) is 16.2. The van der Waals surface area contributed by atoms with Crippen LogP contribution in [0.2, 0.25) is 0 Å². The number of hydrogen-bond acceptors (Lipinski definition) is 6. The molecule has 7 nitrogen and oxygen atoms in total. The van der Waals surface area contributed by atoms with E-state index >= 15 is 0 Å². The minimum Gasteiger partial charge on any atom is -0.464 e. The van der Waals surface area contributed by atoms with Gasteiger partial charge in [-0.15, -0.1) is 12.4 Å². The Bertz CT molecular complexity index is 925. The molecule has 0 bridgehead atoms. The third-order valence-corrected chi connectivity index (χ3v) is 6.96. The van der Waals surface area contributed by atoms with Crippen LogP contribution in [0.4, 0.5) is 0 Å². The molecule has 1 aromatic carbocycles. The maximum atomic E-state index is 13.2. The van der Waals surface area contributed by atoms with E-state index < -0.39 is 16.0 Å². The first-order valence-corrected chi connectivity index (χ1v) is 10.0. The highest BCUT2D eigenvalue weighted by molar-refractivity contribution is 7.89. The molecule has 1 aliphatic heterocycles. The maximum Gasteiger partial charge on any atom is 0.357 e. The smallest absolute Gasteiger partial charge is 0.357 e. The van der Waals surface area contributed by atoms with E-state index in [-0.39, 0.29) is 29.0 Å². The van der Waals surface area contributed by atoms with Gasteiger partial charge in [-0.3, -0.25) is 0 Å². The van der Waals surface area contributed by atoms with Crippen LogP contribution >= 0.6 is 12.4 Å². The Hall–Kier alpha value is -1.74. The molecule has 9 heteroatoms. The molecule has 0 spiro atoms. The molecule has 1 aromatic heterocycles. The van der Waals surface area contributed by atoms with E-state index in [1.807, 2.05) is 6.92 Å². The summed E-state index contributed by atoms with van der Waals surface area (Å²) in [5, 5.41) is 0.933. The van der Waals surface area contributed by atoms with Crippen molar-refractivity contribution in [3.63, 3.8) is 0 Å². The number of nitrogens with zero attached hydrogens (tertiary/aromatic N) is 2. The molecule has 2 aromatic rings. The van der Waals surface area contributed by atoms with E-state index in [9.17, 15) is 13.2 Å². The van der Waals surface area contributed by atoms with Crippen LogP contribution in [0, 0.1) is 5.92 Å². The fourth-order valence-corrected chi connectivity index (χ4v) is 5.12. The molecule has 3 rings (SSSR count). The lowest BCUT2D eigenvalue weighted by Crippen LogP contribution is -2.42. The summed E-state index contributed by atoms with van der Waals surface area (Å²) in [7, 11) is -2.40. The van der Waals surface area contributed by atoms with Gasteiger partial charge in [-0.25, -0.2) is 18.2 Å². The number of methoxy groups -OCH3 is 1. The molecule has 0 saturated carbocycles. The zero-order chi connectivity index (χ0) is 18.9. The Balaban J connectivity index is 0.00000261. The summed E-state index contributed by atoms with van der Waals surface area (Å²) in [6.07, 6.45) is 2.92. The summed E-state index contributed by atoms with van der Waals surface area (Å²) < 4.78 is 32.6. The fourth-order valence-electron chi connectivity index (χ4n) is 3.44. The lowest BCUT2D eigenvalue weighted by Gasteiger charge is -2.33. The SMILES string of the molecule is COC(=O)c1nccc2c(S(=O)(=O)N3CCC(C(C)N)CC3)cccc12.Cl. The number of fused-ring (bicyclic) bond motifs is 1. The van der Waals surface area contributed by atoms with Gasteiger partial charge in [-0.1, -0.05) is 12.1 Å². The van der Waals surface area contributed by atoms with Gasteiger partial charge < -0.3 is 10.5 Å². The van der Waals surface area contributed by atoms with Crippen molar-refractivity contribution in [1.82, 2.24) is 9.29 Å². The van der Waals surface area contributed by atoms with E-state index in [1.165, 1.54) is 17.6 Å². The molecule has 148 valence electrons. The quantitative estimate of drug-likeness (QED) is 0.770. The van der Waals surface area contributed by atoms with Crippen LogP contribution in [-0.2, 0) is 14.8 Å². The Morgan fingerprint density at radius 1 is 1.26 bits per heavy atom. The Morgan fingerprint density at radius 2 is 1.93 bits per heavy atom. The minimum absolute atomic E-state index is 0. The van der Waals surface area contributed by atoms with Crippen molar-refractivity contribution in [2.45, 2.75) is 30.7 Å². The zero-order valence-corrected chi connectivity index (χ0v) is 16.9. The highest BCUT2D eigenvalue weighted by Gasteiger charge is 2.32. The number of piperidine rings is 1. The Kier molecular flexibility index (Phi) is 6.80. The zero-order valence-electron chi connectivity index (χ0n) is 15.3. The third-order valence-electron chi connectivity index (χ3n) is 5.00. The first-order chi connectivity index (χ1) is 12.4. The topological polar surface area (TPSA) is 103 Å². The number of pyridine rings is 1. The van der Waals surface area contributed by atoms with Crippen molar-refractivity contribution >= 4 is 39.2 Å². The number of nitrogens with two attached hydrogens (primary N) is 1. The summed E-state index contributed by atoms with van der Waals surface area (Å²) in [5.41, 5.74) is 6.06. The summed E-state index contributed by atoms with van der Waals surface area (Å²) in [6, 6.07) is 6.54. The van der Waals surface area contributed by atoms with E-state index in [4.69, 9.17) is 10.5 Å². The lowest BCUT2D eigenvalue weighted by atomic mass is 9.92. The number of sulfonamides is 1. The standard InChI is InChI=1S/C18H23N3O4S.ClH/c1-12(19)13-7-10-21(11-8-13)26(23,24)16-5-3-4-15-14(16)6-9-20-17(15)18(22)25-2;/h3-6,9,12-13H,7-8,10-11,19H2,1-2H3;1H. The molecule has 2 heterocycles. The van der Waals surface area contributed by atoms with Crippen LogP contribution < -0.4 is 5.73 Å². The summed E-state index contributed by atoms with van der Waals surface area (Å²) in [6.45, 7) is 2.85. The molecule has 0 aliphatic carbocycles. The third kappa shape index (κ3) is 4.08. The van der Waals surface area contributed by atoms with Crippen LogP contribution in [-0.4, -0.2) is 49.9 Å². The number of halogens is 1. The fraction of sp³-hybridized carbons (Fsp3) is 0.444. The van der Waals surface area contributed by atoms with E-state index in [1.54, 1.807) is 24.3 Å². The second-order valence-electron chi connectivity index (χ2n) is 6.60. The van der Waals surface area contributed by atoms with Crippen molar-refractivity contribution in [2.24, 2.45) is 11.7 Å². The number of carbonyl (C=O) groups is 1. The van der Waals surface area contributed by atoms with Crippen LogP contribution in [0.5, 0.6) is 0 Å². The van der Waals surface area contributed by atoms with E-state index in [0.29, 0.717) is 29.8 Å². The Labute approximate surface area is 165 Å². The molecule has 1 atom stereocenters. The monoisotopic (exact) mass is 413 g/mol. The average Bonchev–Trinajstić information content (AvgIpc) is 2.66. The van der Waals surface area contributed by atoms with Crippen molar-refractivity contribution in [2.75, 3.05) is 20.2 Å². The van der Waals surface area contributed by atoms with Gasteiger partial charge in [0.25, 0.3) is 0 Å². The first kappa shape index (κ1) is 21.6. The molecular weight excluding hydrogens is 390 g/mol. The largest absolute Gasteiger partial charge is 0.464 e. The van der Waals surface area contributed by atoms with Gasteiger partial charge in [0.05, 0.1) is 12.0 Å². The van der Waals surface area contributed by atoms with Gasteiger partial charge in [-0.05, 0) is 37.8 Å². The predicted molar refractivity (Wildman–Crippen MR) is 105 cm³/mol. The minimum atomic E-state index is -3.67. The number of carbonyl (C=O) groups excluding carboxylic acids is 1. The summed E-state index contributed by atoms with van der Waals surface area (Å²) >= 11 is 0. The predicted octanol–water partition coefficient (Wildman–Crippen LogP) is 2.19. The van der Waals surface area contributed by atoms with Crippen LogP contribution in [0.15, 0.2) is 35.4 Å². The number of ether oxygens (including phenoxy) is 1. The lowest BCUT2D eigenvalue weighted by molar-refractivity contribution is 0.0596. The first-order valence-electron chi connectivity index (χ1n) is 8.58. The van der Waals surface area contributed by atoms with Gasteiger partial charge in [0.1, 0.15) is 0 Å². The number of benzene rings is 1. The number of esters is 1. The van der Waals surface area contributed by atoms with Gasteiger partial charge in [0.15, 0.2) is 5.69 Å². The van der Waals surface area contributed by atoms with Crippen molar-refractivity contribution in [3.8, 4) is 0 Å². The molecule has 0 radical (unpaired) electrons. The maximum absolute atomic E-state index is 13.2. The highest BCUT2D eigenvalue weighted by atomic mass is 35.5. The van der Waals surface area contributed by atoms with Gasteiger partial charge in [0, 0.05) is 36.1 Å². The molecule has 1 unspecified atom stereocenters. The molecule has 1 fully saturated rings. The van der Waals surface area contributed by atoms with Crippen LogP contribution in [0.25, 0.3) is 10.8 Å². The normalized spacial score (nSPS) is 17.3.